The molecule has 1 aromatic heterocycles. The first-order chi connectivity index (χ1) is 13.7. The molecule has 0 fully saturated rings. The molecule has 29 heavy (non-hydrogen) atoms. The molecular formula is C18H18F2N4O3S2. The average Bonchev–Trinajstić information content (AvgIpc) is 2.99. The molecule has 0 aliphatic rings. The van der Waals surface area contributed by atoms with Crippen LogP contribution < -0.4 is 10.5 Å². The third kappa shape index (κ3) is 4.92. The molecule has 2 aromatic carbocycles. The summed E-state index contributed by atoms with van der Waals surface area (Å²) in [5.74, 6) is -2.02. The first-order valence-corrected chi connectivity index (χ1v) is 11.1. The molecule has 3 N–H and O–H groups in total. The van der Waals surface area contributed by atoms with Gasteiger partial charge in [0.05, 0.1) is 27.4 Å². The normalized spacial score (nSPS) is 11.7. The van der Waals surface area contributed by atoms with Gasteiger partial charge in [0.15, 0.2) is 5.16 Å². The van der Waals surface area contributed by atoms with E-state index in [4.69, 9.17) is 5.14 Å². The molecule has 11 heteroatoms. The summed E-state index contributed by atoms with van der Waals surface area (Å²) in [6, 6.07) is 7.19. The highest BCUT2D eigenvalue weighted by atomic mass is 32.2. The number of fused-ring (bicyclic) bond motifs is 1. The fraction of sp³-hybridized carbons (Fsp3) is 0.222. The molecule has 0 saturated carbocycles. The fourth-order valence-corrected chi connectivity index (χ4v) is 4.10. The van der Waals surface area contributed by atoms with Crippen molar-refractivity contribution in [2.24, 2.45) is 5.14 Å². The number of primary sulfonamides is 1. The van der Waals surface area contributed by atoms with Gasteiger partial charge in [-0.2, -0.15) is 0 Å². The number of benzene rings is 2. The van der Waals surface area contributed by atoms with Crippen molar-refractivity contribution in [1.82, 2.24) is 9.55 Å². The van der Waals surface area contributed by atoms with E-state index in [9.17, 15) is 22.0 Å². The number of hydrogen-bond donors (Lipinski definition) is 2. The topological polar surface area (TPSA) is 107 Å². The monoisotopic (exact) mass is 440 g/mol. The van der Waals surface area contributed by atoms with Crippen LogP contribution in [-0.4, -0.2) is 29.6 Å². The summed E-state index contributed by atoms with van der Waals surface area (Å²) < 4.78 is 51.9. The summed E-state index contributed by atoms with van der Waals surface area (Å²) in [5.41, 5.74) is 0.901. The zero-order valence-electron chi connectivity index (χ0n) is 15.4. The van der Waals surface area contributed by atoms with Gasteiger partial charge in [-0.05, 0) is 36.8 Å². The number of amides is 1. The predicted octanol–water partition coefficient (Wildman–Crippen LogP) is 3.10. The smallest absolute Gasteiger partial charge is 0.238 e. The van der Waals surface area contributed by atoms with E-state index in [0.717, 1.165) is 36.4 Å². The summed E-state index contributed by atoms with van der Waals surface area (Å²) in [6.07, 6.45) is 0.788. The number of aryl methyl sites for hydroxylation is 1. The van der Waals surface area contributed by atoms with Crippen molar-refractivity contribution in [3.8, 4) is 0 Å². The maximum absolute atomic E-state index is 13.7. The lowest BCUT2D eigenvalue weighted by atomic mass is 10.3. The Morgan fingerprint density at radius 2 is 2.00 bits per heavy atom. The van der Waals surface area contributed by atoms with Crippen LogP contribution in [0.4, 0.5) is 14.5 Å². The van der Waals surface area contributed by atoms with Crippen LogP contribution in [0.5, 0.6) is 0 Å². The molecule has 3 aromatic rings. The van der Waals surface area contributed by atoms with Gasteiger partial charge in [0.2, 0.25) is 15.9 Å². The van der Waals surface area contributed by atoms with Gasteiger partial charge in [-0.3, -0.25) is 4.79 Å². The Bertz CT molecular complexity index is 1180. The van der Waals surface area contributed by atoms with Crippen molar-refractivity contribution in [3.63, 3.8) is 0 Å². The van der Waals surface area contributed by atoms with Crippen molar-refractivity contribution >= 4 is 44.4 Å². The Morgan fingerprint density at radius 3 is 2.69 bits per heavy atom. The standard InChI is InChI=1S/C18H18F2N4O3S2/c1-2-7-24-16-6-4-12(29(21,26)27)9-15(16)23-18(24)28-10-17(25)22-14-8-11(19)3-5-13(14)20/h3-6,8-9H,2,7,10H2,1H3,(H,22,25)(H2,21,26,27). The van der Waals surface area contributed by atoms with E-state index in [0.29, 0.717) is 22.7 Å². The largest absolute Gasteiger partial charge is 0.323 e. The van der Waals surface area contributed by atoms with Gasteiger partial charge in [-0.15, -0.1) is 0 Å². The molecule has 0 unspecified atom stereocenters. The molecule has 3 rings (SSSR count). The Labute approximate surface area is 170 Å². The number of carbonyl (C=O) groups excluding carboxylic acids is 1. The highest BCUT2D eigenvalue weighted by molar-refractivity contribution is 7.99. The SMILES string of the molecule is CCCn1c(SCC(=O)Nc2cc(F)ccc2F)nc2cc(S(N)(=O)=O)ccc21. The van der Waals surface area contributed by atoms with Crippen molar-refractivity contribution in [3.05, 3.63) is 48.0 Å². The van der Waals surface area contributed by atoms with E-state index in [1.165, 1.54) is 12.1 Å². The molecule has 0 saturated heterocycles. The minimum Gasteiger partial charge on any atom is -0.323 e. The molecule has 1 heterocycles. The summed E-state index contributed by atoms with van der Waals surface area (Å²) >= 11 is 1.11. The zero-order valence-corrected chi connectivity index (χ0v) is 17.0. The number of hydrogen-bond acceptors (Lipinski definition) is 5. The Morgan fingerprint density at radius 1 is 1.24 bits per heavy atom. The third-order valence-electron chi connectivity index (χ3n) is 4.00. The lowest BCUT2D eigenvalue weighted by Gasteiger charge is -2.08. The van der Waals surface area contributed by atoms with Crippen LogP contribution >= 0.6 is 11.8 Å². The Hall–Kier alpha value is -2.50. The van der Waals surface area contributed by atoms with Crippen LogP contribution in [-0.2, 0) is 21.4 Å². The summed E-state index contributed by atoms with van der Waals surface area (Å²) in [4.78, 5) is 16.5. The zero-order chi connectivity index (χ0) is 21.2. The second kappa shape index (κ2) is 8.47. The number of halogens is 2. The maximum Gasteiger partial charge on any atom is 0.238 e. The van der Waals surface area contributed by atoms with Gasteiger partial charge in [0.25, 0.3) is 0 Å². The fourth-order valence-electron chi connectivity index (χ4n) is 2.72. The van der Waals surface area contributed by atoms with Crippen molar-refractivity contribution in [1.29, 1.82) is 0 Å². The molecular weight excluding hydrogens is 422 g/mol. The number of imidazole rings is 1. The molecule has 0 aliphatic heterocycles. The van der Waals surface area contributed by atoms with Crippen LogP contribution in [0.3, 0.4) is 0 Å². The minimum absolute atomic E-state index is 0.0537. The van der Waals surface area contributed by atoms with Crippen molar-refractivity contribution in [2.75, 3.05) is 11.1 Å². The van der Waals surface area contributed by atoms with Crippen molar-refractivity contribution < 1.29 is 22.0 Å². The number of thioether (sulfide) groups is 1. The van der Waals surface area contributed by atoms with E-state index in [1.54, 1.807) is 6.07 Å². The first-order valence-electron chi connectivity index (χ1n) is 8.60. The molecule has 0 spiro atoms. The Kier molecular flexibility index (Phi) is 6.20. The van der Waals surface area contributed by atoms with Crippen LogP contribution in [0.2, 0.25) is 0 Å². The van der Waals surface area contributed by atoms with Gasteiger partial charge in [0, 0.05) is 12.6 Å². The van der Waals surface area contributed by atoms with Crippen LogP contribution in [0.15, 0.2) is 46.5 Å². The summed E-state index contributed by atoms with van der Waals surface area (Å²) in [7, 11) is -3.86. The number of nitrogens with zero attached hydrogens (tertiary/aromatic N) is 2. The second-order valence-corrected chi connectivity index (χ2v) is 8.71. The predicted molar refractivity (Wildman–Crippen MR) is 107 cm³/mol. The number of aromatic nitrogens is 2. The highest BCUT2D eigenvalue weighted by Gasteiger charge is 2.16. The van der Waals surface area contributed by atoms with E-state index in [1.807, 2.05) is 11.5 Å². The quantitative estimate of drug-likeness (QED) is 0.549. The molecule has 7 nitrogen and oxygen atoms in total. The lowest BCUT2D eigenvalue weighted by molar-refractivity contribution is -0.113. The number of carbonyl (C=O) groups is 1. The molecule has 0 bridgehead atoms. The summed E-state index contributed by atoms with van der Waals surface area (Å²) in [6.45, 7) is 2.58. The van der Waals surface area contributed by atoms with E-state index in [-0.39, 0.29) is 16.3 Å². The number of sulfonamides is 1. The lowest BCUT2D eigenvalue weighted by Crippen LogP contribution is -2.15. The summed E-state index contributed by atoms with van der Waals surface area (Å²) in [5, 5.41) is 8.00. The molecule has 154 valence electrons. The first kappa shape index (κ1) is 21.2. The van der Waals surface area contributed by atoms with Crippen molar-refractivity contribution in [2.45, 2.75) is 29.9 Å². The Balaban J connectivity index is 1.82. The van der Waals surface area contributed by atoms with Crippen LogP contribution in [0, 0.1) is 11.6 Å². The van der Waals surface area contributed by atoms with Gasteiger partial charge >= 0.3 is 0 Å². The second-order valence-electron chi connectivity index (χ2n) is 6.20. The average molecular weight is 440 g/mol. The van der Waals surface area contributed by atoms with Gasteiger partial charge in [0.1, 0.15) is 11.6 Å². The van der Waals surface area contributed by atoms with Gasteiger partial charge < -0.3 is 9.88 Å². The van der Waals surface area contributed by atoms with Crippen LogP contribution in [0.25, 0.3) is 11.0 Å². The molecule has 0 aliphatic carbocycles. The number of nitrogens with one attached hydrogen (secondary N) is 1. The van der Waals surface area contributed by atoms with Gasteiger partial charge in [-0.1, -0.05) is 18.7 Å². The maximum atomic E-state index is 13.7. The number of rotatable bonds is 7. The number of anilines is 1. The highest BCUT2D eigenvalue weighted by Crippen LogP contribution is 2.26. The van der Waals surface area contributed by atoms with E-state index < -0.39 is 27.6 Å². The third-order valence-corrected chi connectivity index (χ3v) is 5.88. The minimum atomic E-state index is -3.86. The molecule has 0 atom stereocenters. The van der Waals surface area contributed by atoms with Crippen LogP contribution in [0.1, 0.15) is 13.3 Å². The molecule has 0 radical (unpaired) electrons. The molecule has 1 amide bonds. The van der Waals surface area contributed by atoms with E-state index >= 15 is 0 Å². The van der Waals surface area contributed by atoms with Gasteiger partial charge in [-0.25, -0.2) is 27.3 Å². The van der Waals surface area contributed by atoms with E-state index in [2.05, 4.69) is 10.3 Å². The number of nitrogens with two attached hydrogens (primary N) is 1.